The number of aliphatic hydroxyl groups is 1. The molecule has 1 amide bonds. The minimum atomic E-state index is -4.86. The van der Waals surface area contributed by atoms with E-state index in [0.717, 1.165) is 22.6 Å². The van der Waals surface area contributed by atoms with Crippen molar-refractivity contribution in [2.45, 2.75) is 19.3 Å². The van der Waals surface area contributed by atoms with Crippen molar-refractivity contribution in [3.8, 4) is 5.75 Å². The molecular weight excluding hydrogens is 437 g/mol. The lowest BCUT2D eigenvalue weighted by molar-refractivity contribution is -0.274. The second-order valence-electron chi connectivity index (χ2n) is 7.36. The number of aryl methyl sites for hydroxylation is 1. The Morgan fingerprint density at radius 3 is 2.30 bits per heavy atom. The molecule has 0 spiro atoms. The summed E-state index contributed by atoms with van der Waals surface area (Å²) in [4.78, 5) is 31.1. The fraction of sp³-hybridized carbons (Fsp3) is 0.125. The summed E-state index contributed by atoms with van der Waals surface area (Å²) in [5, 5.41) is 11.0. The number of carbonyl (C=O) groups is 2. The average molecular weight is 454 g/mol. The van der Waals surface area contributed by atoms with E-state index in [4.69, 9.17) is 0 Å². The minimum absolute atomic E-state index is 0.132. The standard InChI is InChI=1S/C24H17F3N2O4/c1-14-3-2-4-16(13-14)20-19(21(30)15-9-11-28-12-10-15)22(31)23(32)29(20)17-5-7-18(8-6-17)33-24(25,26)27/h2-13,20,30H,1H3/b21-19-. The van der Waals surface area contributed by atoms with E-state index in [1.165, 1.54) is 36.7 Å². The van der Waals surface area contributed by atoms with E-state index in [2.05, 4.69) is 9.72 Å². The van der Waals surface area contributed by atoms with Gasteiger partial charge in [0.1, 0.15) is 11.5 Å². The largest absolute Gasteiger partial charge is 0.573 e. The van der Waals surface area contributed by atoms with Crippen molar-refractivity contribution in [3.05, 3.63) is 95.3 Å². The van der Waals surface area contributed by atoms with E-state index < -0.39 is 29.8 Å². The number of halogens is 3. The lowest BCUT2D eigenvalue weighted by atomic mass is 9.94. The van der Waals surface area contributed by atoms with Crippen LogP contribution in [0.1, 0.15) is 22.7 Å². The van der Waals surface area contributed by atoms with Crippen molar-refractivity contribution >= 4 is 23.1 Å². The predicted octanol–water partition coefficient (Wildman–Crippen LogP) is 4.91. The van der Waals surface area contributed by atoms with Crippen molar-refractivity contribution in [2.24, 2.45) is 0 Å². The molecule has 6 nitrogen and oxygen atoms in total. The van der Waals surface area contributed by atoms with Gasteiger partial charge in [0, 0.05) is 23.6 Å². The Bertz CT molecular complexity index is 1240. The molecule has 33 heavy (non-hydrogen) atoms. The highest BCUT2D eigenvalue weighted by atomic mass is 19.4. The van der Waals surface area contributed by atoms with Gasteiger partial charge in [0.05, 0.1) is 11.6 Å². The van der Waals surface area contributed by atoms with Gasteiger partial charge in [-0.15, -0.1) is 13.2 Å². The van der Waals surface area contributed by atoms with Gasteiger partial charge >= 0.3 is 6.36 Å². The summed E-state index contributed by atoms with van der Waals surface area (Å²) in [5.41, 5.74) is 1.75. The SMILES string of the molecule is Cc1cccc(C2/C(=C(/O)c3ccncc3)C(=O)C(=O)N2c2ccc(OC(F)(F)F)cc2)c1. The third kappa shape index (κ3) is 4.43. The second-order valence-corrected chi connectivity index (χ2v) is 7.36. The molecule has 1 N–H and O–H groups in total. The Hall–Kier alpha value is -4.14. The van der Waals surface area contributed by atoms with Gasteiger partial charge in [-0.3, -0.25) is 19.5 Å². The Kier molecular flexibility index (Phi) is 5.63. The van der Waals surface area contributed by atoms with Gasteiger partial charge in [-0.1, -0.05) is 29.8 Å². The molecule has 4 rings (SSSR count). The molecule has 168 valence electrons. The summed E-state index contributed by atoms with van der Waals surface area (Å²) in [5.74, 6) is -2.67. The van der Waals surface area contributed by atoms with Crippen LogP contribution in [-0.2, 0) is 9.59 Å². The highest BCUT2D eigenvalue weighted by Crippen LogP contribution is 2.42. The van der Waals surface area contributed by atoms with Crippen molar-refractivity contribution in [3.63, 3.8) is 0 Å². The zero-order valence-corrected chi connectivity index (χ0v) is 17.2. The van der Waals surface area contributed by atoms with E-state index in [9.17, 15) is 27.9 Å². The van der Waals surface area contributed by atoms with Gasteiger partial charge in [0.2, 0.25) is 0 Å². The molecule has 0 aliphatic carbocycles. The number of amides is 1. The number of ketones is 1. The first-order valence-corrected chi connectivity index (χ1v) is 9.79. The van der Waals surface area contributed by atoms with Crippen LogP contribution in [0.5, 0.6) is 5.75 Å². The number of carbonyl (C=O) groups excluding carboxylic acids is 2. The summed E-state index contributed by atoms with van der Waals surface area (Å²) in [6.45, 7) is 1.84. The monoisotopic (exact) mass is 454 g/mol. The van der Waals surface area contributed by atoms with E-state index >= 15 is 0 Å². The second kappa shape index (κ2) is 8.42. The molecule has 9 heteroatoms. The van der Waals surface area contributed by atoms with Gasteiger partial charge in [-0.25, -0.2) is 0 Å². The van der Waals surface area contributed by atoms with Gasteiger partial charge < -0.3 is 9.84 Å². The first-order valence-electron chi connectivity index (χ1n) is 9.79. The van der Waals surface area contributed by atoms with E-state index in [-0.39, 0.29) is 17.0 Å². The van der Waals surface area contributed by atoms with Crippen molar-refractivity contribution in [1.82, 2.24) is 4.98 Å². The van der Waals surface area contributed by atoms with Crippen molar-refractivity contribution in [1.29, 1.82) is 0 Å². The number of anilines is 1. The third-order valence-corrected chi connectivity index (χ3v) is 5.10. The average Bonchev–Trinajstić information content (AvgIpc) is 3.04. The van der Waals surface area contributed by atoms with Crippen LogP contribution in [-0.4, -0.2) is 28.1 Å². The molecule has 1 unspecified atom stereocenters. The lowest BCUT2D eigenvalue weighted by Gasteiger charge is -2.26. The number of aliphatic hydroxyl groups excluding tert-OH is 1. The molecule has 0 bridgehead atoms. The lowest BCUT2D eigenvalue weighted by Crippen LogP contribution is -2.29. The molecule has 0 radical (unpaired) electrons. The number of alkyl halides is 3. The molecule has 1 fully saturated rings. The summed E-state index contributed by atoms with van der Waals surface area (Å²) in [7, 11) is 0. The summed E-state index contributed by atoms with van der Waals surface area (Å²) >= 11 is 0. The van der Waals surface area contributed by atoms with Gasteiger partial charge in [-0.2, -0.15) is 0 Å². The number of hydrogen-bond donors (Lipinski definition) is 1. The Labute approximate surface area is 186 Å². The molecule has 1 saturated heterocycles. The molecule has 1 aromatic heterocycles. The van der Waals surface area contributed by atoms with Crippen LogP contribution in [0.2, 0.25) is 0 Å². The number of pyridine rings is 1. The fourth-order valence-electron chi connectivity index (χ4n) is 3.73. The zero-order valence-electron chi connectivity index (χ0n) is 17.2. The van der Waals surface area contributed by atoms with Crippen LogP contribution in [0.15, 0.2) is 78.6 Å². The topological polar surface area (TPSA) is 79.7 Å². The van der Waals surface area contributed by atoms with Crippen LogP contribution >= 0.6 is 0 Å². The molecule has 1 aliphatic heterocycles. The maximum atomic E-state index is 13.0. The number of hydrogen-bond acceptors (Lipinski definition) is 5. The van der Waals surface area contributed by atoms with Gasteiger partial charge in [0.15, 0.2) is 0 Å². The molecule has 1 atom stereocenters. The third-order valence-electron chi connectivity index (χ3n) is 5.10. The Balaban J connectivity index is 1.86. The summed E-state index contributed by atoms with van der Waals surface area (Å²) in [6.07, 6.45) is -1.99. The van der Waals surface area contributed by atoms with Crippen molar-refractivity contribution < 1.29 is 32.6 Å². The van der Waals surface area contributed by atoms with Crippen LogP contribution in [0, 0.1) is 6.92 Å². The minimum Gasteiger partial charge on any atom is -0.507 e. The number of benzene rings is 2. The first-order chi connectivity index (χ1) is 15.7. The molecule has 2 aromatic carbocycles. The van der Waals surface area contributed by atoms with Crippen LogP contribution in [0.3, 0.4) is 0 Å². The summed E-state index contributed by atoms with van der Waals surface area (Å²) < 4.78 is 41.4. The predicted molar refractivity (Wildman–Crippen MR) is 113 cm³/mol. The van der Waals surface area contributed by atoms with Crippen LogP contribution < -0.4 is 9.64 Å². The fourth-order valence-corrected chi connectivity index (χ4v) is 3.73. The number of Topliss-reactive ketones (excluding diaryl/α,β-unsaturated/α-hetero) is 1. The van der Waals surface area contributed by atoms with Gasteiger partial charge in [-0.05, 0) is 48.9 Å². The number of ether oxygens (including phenoxy) is 1. The Morgan fingerprint density at radius 2 is 1.70 bits per heavy atom. The highest BCUT2D eigenvalue weighted by Gasteiger charge is 2.47. The maximum Gasteiger partial charge on any atom is 0.573 e. The van der Waals surface area contributed by atoms with Gasteiger partial charge in [0.25, 0.3) is 11.7 Å². The van der Waals surface area contributed by atoms with Crippen molar-refractivity contribution in [2.75, 3.05) is 4.90 Å². The Morgan fingerprint density at radius 1 is 1.03 bits per heavy atom. The summed E-state index contributed by atoms with van der Waals surface area (Å²) in [6, 6.07) is 13.7. The first kappa shape index (κ1) is 22.1. The molecule has 2 heterocycles. The zero-order chi connectivity index (χ0) is 23.8. The number of aromatic nitrogens is 1. The molecule has 0 saturated carbocycles. The maximum absolute atomic E-state index is 13.0. The van der Waals surface area contributed by atoms with E-state index in [1.807, 2.05) is 13.0 Å². The highest BCUT2D eigenvalue weighted by molar-refractivity contribution is 6.51. The van der Waals surface area contributed by atoms with Crippen LogP contribution in [0.25, 0.3) is 5.76 Å². The normalized spacial score (nSPS) is 17.9. The van der Waals surface area contributed by atoms with E-state index in [1.54, 1.807) is 18.2 Å². The number of rotatable bonds is 4. The van der Waals surface area contributed by atoms with Crippen LogP contribution in [0.4, 0.5) is 18.9 Å². The smallest absolute Gasteiger partial charge is 0.507 e. The molecule has 1 aliphatic rings. The quantitative estimate of drug-likeness (QED) is 0.344. The molecule has 3 aromatic rings. The number of nitrogens with zero attached hydrogens (tertiary/aromatic N) is 2. The van der Waals surface area contributed by atoms with E-state index in [0.29, 0.717) is 11.1 Å². The molecular formula is C24H17F3N2O4.